The summed E-state index contributed by atoms with van der Waals surface area (Å²) >= 11 is 0. The number of rotatable bonds is 2. The van der Waals surface area contributed by atoms with Crippen LogP contribution in [0.15, 0.2) is 0 Å². The van der Waals surface area contributed by atoms with Gasteiger partial charge in [0.15, 0.2) is 0 Å². The molecule has 3 heterocycles. The molecule has 3 fully saturated rings. The molecule has 0 spiro atoms. The van der Waals surface area contributed by atoms with Gasteiger partial charge in [0, 0.05) is 38.8 Å². The zero-order chi connectivity index (χ0) is 13.1. The third-order valence-electron chi connectivity index (χ3n) is 4.61. The second-order valence-electron chi connectivity index (χ2n) is 5.84. The summed E-state index contributed by atoms with van der Waals surface area (Å²) in [5.74, 6) is 0.351. The summed E-state index contributed by atoms with van der Waals surface area (Å²) < 4.78 is 5.59. The van der Waals surface area contributed by atoms with Gasteiger partial charge in [0.05, 0.1) is 12.6 Å². The van der Waals surface area contributed by atoms with E-state index in [0.717, 1.165) is 65.2 Å². The van der Waals surface area contributed by atoms with Crippen molar-refractivity contribution in [3.8, 4) is 0 Å². The highest BCUT2D eigenvalue weighted by molar-refractivity contribution is 5.82. The molecule has 0 radical (unpaired) electrons. The number of carbonyl (C=O) groups excluding carboxylic acids is 1. The fourth-order valence-corrected chi connectivity index (χ4v) is 3.57. The first-order chi connectivity index (χ1) is 9.36. The molecule has 1 N–H and O–H groups in total. The van der Waals surface area contributed by atoms with E-state index in [1.807, 2.05) is 4.90 Å². The normalized spacial score (nSPS) is 33.6. The molecule has 0 aromatic heterocycles. The van der Waals surface area contributed by atoms with E-state index in [2.05, 4.69) is 10.2 Å². The Balaban J connectivity index is 1.62. The van der Waals surface area contributed by atoms with Crippen LogP contribution in [0, 0.1) is 0 Å². The number of likely N-dealkylation sites (tertiary alicyclic amines) is 1. The molecular weight excluding hydrogens is 242 g/mol. The molecule has 0 aromatic carbocycles. The minimum atomic E-state index is 0.116. The summed E-state index contributed by atoms with van der Waals surface area (Å²) in [5.41, 5.74) is 0. The van der Waals surface area contributed by atoms with E-state index >= 15 is 0 Å². The molecule has 0 bridgehead atoms. The Kier molecular flexibility index (Phi) is 4.35. The minimum Gasteiger partial charge on any atom is -0.380 e. The minimum absolute atomic E-state index is 0.116. The van der Waals surface area contributed by atoms with Crippen LogP contribution >= 0.6 is 0 Å². The van der Waals surface area contributed by atoms with Crippen molar-refractivity contribution >= 4 is 5.91 Å². The van der Waals surface area contributed by atoms with E-state index in [4.69, 9.17) is 4.74 Å². The van der Waals surface area contributed by atoms with Gasteiger partial charge in [-0.2, -0.15) is 0 Å². The smallest absolute Gasteiger partial charge is 0.240 e. The summed E-state index contributed by atoms with van der Waals surface area (Å²) in [5, 5.41) is 3.31. The van der Waals surface area contributed by atoms with Crippen molar-refractivity contribution in [1.82, 2.24) is 15.1 Å². The van der Waals surface area contributed by atoms with Crippen LogP contribution in [-0.2, 0) is 9.53 Å². The first-order valence-corrected chi connectivity index (χ1v) is 7.69. The van der Waals surface area contributed by atoms with Gasteiger partial charge in [-0.3, -0.25) is 9.69 Å². The monoisotopic (exact) mass is 267 g/mol. The topological polar surface area (TPSA) is 44.8 Å². The third kappa shape index (κ3) is 2.93. The summed E-state index contributed by atoms with van der Waals surface area (Å²) in [4.78, 5) is 17.1. The highest BCUT2D eigenvalue weighted by atomic mass is 16.5. The van der Waals surface area contributed by atoms with Crippen molar-refractivity contribution in [2.45, 2.75) is 37.8 Å². The number of amides is 1. The molecule has 3 rings (SSSR count). The van der Waals surface area contributed by atoms with Crippen LogP contribution in [0.2, 0.25) is 0 Å². The Labute approximate surface area is 115 Å². The van der Waals surface area contributed by atoms with Crippen LogP contribution in [-0.4, -0.2) is 73.7 Å². The number of carbonyl (C=O) groups is 1. The van der Waals surface area contributed by atoms with Gasteiger partial charge in [-0.25, -0.2) is 0 Å². The van der Waals surface area contributed by atoms with Gasteiger partial charge in [0.2, 0.25) is 5.91 Å². The molecule has 1 amide bonds. The number of hydrogen-bond donors (Lipinski definition) is 1. The second-order valence-corrected chi connectivity index (χ2v) is 5.84. The molecular formula is C14H25N3O2. The van der Waals surface area contributed by atoms with Gasteiger partial charge in [-0.1, -0.05) is 0 Å². The Morgan fingerprint density at radius 2 is 1.95 bits per heavy atom. The SMILES string of the molecule is O=C(C1CCCN1C1CCCOC1)N1CCNCC1. The first kappa shape index (κ1) is 13.3. The van der Waals surface area contributed by atoms with E-state index in [0.29, 0.717) is 11.9 Å². The molecule has 2 unspecified atom stereocenters. The van der Waals surface area contributed by atoms with E-state index in [1.165, 1.54) is 6.42 Å². The van der Waals surface area contributed by atoms with Gasteiger partial charge in [-0.05, 0) is 32.2 Å². The number of piperazine rings is 1. The summed E-state index contributed by atoms with van der Waals surface area (Å²) in [6.07, 6.45) is 4.50. The van der Waals surface area contributed by atoms with Gasteiger partial charge in [0.1, 0.15) is 0 Å². The van der Waals surface area contributed by atoms with Crippen molar-refractivity contribution in [1.29, 1.82) is 0 Å². The average Bonchev–Trinajstić information content (AvgIpc) is 2.98. The maximum Gasteiger partial charge on any atom is 0.240 e. The lowest BCUT2D eigenvalue weighted by Gasteiger charge is -2.37. The van der Waals surface area contributed by atoms with Crippen molar-refractivity contribution < 1.29 is 9.53 Å². The van der Waals surface area contributed by atoms with Crippen LogP contribution in [0.5, 0.6) is 0 Å². The Morgan fingerprint density at radius 1 is 1.11 bits per heavy atom. The second kappa shape index (κ2) is 6.20. The van der Waals surface area contributed by atoms with Gasteiger partial charge in [0.25, 0.3) is 0 Å². The van der Waals surface area contributed by atoms with Crippen LogP contribution in [0.1, 0.15) is 25.7 Å². The molecule has 0 saturated carbocycles. The zero-order valence-corrected chi connectivity index (χ0v) is 11.6. The van der Waals surface area contributed by atoms with Gasteiger partial charge < -0.3 is 15.0 Å². The maximum absolute atomic E-state index is 12.7. The Morgan fingerprint density at radius 3 is 2.68 bits per heavy atom. The molecule has 0 aliphatic carbocycles. The van der Waals surface area contributed by atoms with Crippen molar-refractivity contribution in [2.75, 3.05) is 45.9 Å². The van der Waals surface area contributed by atoms with Crippen molar-refractivity contribution in [3.63, 3.8) is 0 Å². The summed E-state index contributed by atoms with van der Waals surface area (Å²) in [7, 11) is 0. The molecule has 5 heteroatoms. The lowest BCUT2D eigenvalue weighted by Crippen LogP contribution is -2.55. The molecule has 0 aromatic rings. The Hall–Kier alpha value is -0.650. The molecule has 3 aliphatic heterocycles. The van der Waals surface area contributed by atoms with Crippen LogP contribution in [0.4, 0.5) is 0 Å². The molecule has 3 saturated heterocycles. The van der Waals surface area contributed by atoms with Crippen LogP contribution in [0.25, 0.3) is 0 Å². The van der Waals surface area contributed by atoms with Crippen LogP contribution < -0.4 is 5.32 Å². The molecule has 5 nitrogen and oxygen atoms in total. The van der Waals surface area contributed by atoms with Crippen molar-refractivity contribution in [2.24, 2.45) is 0 Å². The lowest BCUT2D eigenvalue weighted by molar-refractivity contribution is -0.138. The fraction of sp³-hybridized carbons (Fsp3) is 0.929. The molecule has 108 valence electrons. The van der Waals surface area contributed by atoms with E-state index in [1.54, 1.807) is 0 Å². The summed E-state index contributed by atoms with van der Waals surface area (Å²) in [6.45, 7) is 6.37. The third-order valence-corrected chi connectivity index (χ3v) is 4.61. The molecule has 2 atom stereocenters. The van der Waals surface area contributed by atoms with Crippen molar-refractivity contribution in [3.05, 3.63) is 0 Å². The highest BCUT2D eigenvalue weighted by Gasteiger charge is 2.38. The quantitative estimate of drug-likeness (QED) is 0.768. The average molecular weight is 267 g/mol. The predicted molar refractivity (Wildman–Crippen MR) is 73.0 cm³/mol. The first-order valence-electron chi connectivity index (χ1n) is 7.69. The fourth-order valence-electron chi connectivity index (χ4n) is 3.57. The number of ether oxygens (including phenoxy) is 1. The Bertz CT molecular complexity index is 312. The number of nitrogens with one attached hydrogen (secondary N) is 1. The van der Waals surface area contributed by atoms with Gasteiger partial charge >= 0.3 is 0 Å². The summed E-state index contributed by atoms with van der Waals surface area (Å²) in [6, 6.07) is 0.581. The largest absolute Gasteiger partial charge is 0.380 e. The van der Waals surface area contributed by atoms with E-state index in [-0.39, 0.29) is 6.04 Å². The number of hydrogen-bond acceptors (Lipinski definition) is 4. The molecule has 3 aliphatic rings. The molecule has 19 heavy (non-hydrogen) atoms. The zero-order valence-electron chi connectivity index (χ0n) is 11.6. The maximum atomic E-state index is 12.7. The predicted octanol–water partition coefficient (Wildman–Crippen LogP) is 0.0616. The number of nitrogens with zero attached hydrogens (tertiary/aromatic N) is 2. The van der Waals surface area contributed by atoms with E-state index < -0.39 is 0 Å². The van der Waals surface area contributed by atoms with E-state index in [9.17, 15) is 4.79 Å². The lowest BCUT2D eigenvalue weighted by atomic mass is 10.1. The standard InChI is InChI=1S/C14H25N3O2/c18-14(16-8-5-15-6-9-16)13-4-1-7-17(13)12-3-2-10-19-11-12/h12-13,15H,1-11H2. The highest BCUT2D eigenvalue weighted by Crippen LogP contribution is 2.26. The van der Waals surface area contributed by atoms with Gasteiger partial charge in [-0.15, -0.1) is 0 Å². The van der Waals surface area contributed by atoms with Crippen LogP contribution in [0.3, 0.4) is 0 Å².